The summed E-state index contributed by atoms with van der Waals surface area (Å²) < 4.78 is 13.5. The second-order valence-corrected chi connectivity index (χ2v) is 5.02. The molecule has 0 aliphatic heterocycles. The molecule has 1 unspecified atom stereocenters. The van der Waals surface area contributed by atoms with Gasteiger partial charge in [0.1, 0.15) is 5.82 Å². The van der Waals surface area contributed by atoms with E-state index in [1.54, 1.807) is 14.0 Å². The summed E-state index contributed by atoms with van der Waals surface area (Å²) >= 11 is 10.6. The fourth-order valence-corrected chi connectivity index (χ4v) is 1.70. The van der Waals surface area contributed by atoms with E-state index in [0.717, 1.165) is 0 Å². The van der Waals surface area contributed by atoms with Crippen molar-refractivity contribution < 1.29 is 9.18 Å². The normalized spacial score (nSPS) is 12.0. The maximum Gasteiger partial charge on any atom is 0.256 e. The van der Waals surface area contributed by atoms with Gasteiger partial charge >= 0.3 is 0 Å². The topological polar surface area (TPSA) is 46.3 Å². The van der Waals surface area contributed by atoms with E-state index in [9.17, 15) is 9.18 Å². The Balaban J connectivity index is 2.86. The van der Waals surface area contributed by atoms with Gasteiger partial charge in [0.05, 0.1) is 10.6 Å². The molecule has 0 aliphatic carbocycles. The molecule has 1 aromatic carbocycles. The Hall–Kier alpha value is -1.20. The molecule has 18 heavy (non-hydrogen) atoms. The lowest BCUT2D eigenvalue weighted by Crippen LogP contribution is -2.35. The summed E-state index contributed by atoms with van der Waals surface area (Å²) in [5.41, 5.74) is 5.42. The van der Waals surface area contributed by atoms with Crippen LogP contribution < -0.4 is 5.73 Å². The first-order chi connectivity index (χ1) is 8.32. The van der Waals surface area contributed by atoms with Gasteiger partial charge in [-0.05, 0) is 18.2 Å². The van der Waals surface area contributed by atoms with Crippen LogP contribution in [-0.4, -0.2) is 29.4 Å². The van der Waals surface area contributed by atoms with Crippen molar-refractivity contribution in [2.24, 2.45) is 11.7 Å². The second-order valence-electron chi connectivity index (χ2n) is 4.11. The van der Waals surface area contributed by atoms with Crippen LogP contribution in [0, 0.1) is 11.7 Å². The van der Waals surface area contributed by atoms with Gasteiger partial charge in [0.2, 0.25) is 0 Å². The molecule has 0 spiro atoms. The number of amides is 1. The first-order valence-electron chi connectivity index (χ1n) is 5.32. The maximum absolute atomic E-state index is 13.5. The lowest BCUT2D eigenvalue weighted by molar-refractivity contribution is 0.0782. The van der Waals surface area contributed by atoms with E-state index in [2.05, 4.69) is 0 Å². The highest BCUT2D eigenvalue weighted by molar-refractivity contribution is 7.80. The monoisotopic (exact) mass is 288 g/mol. The fourth-order valence-electron chi connectivity index (χ4n) is 1.45. The van der Waals surface area contributed by atoms with Gasteiger partial charge in [-0.1, -0.05) is 30.7 Å². The van der Waals surface area contributed by atoms with Crippen LogP contribution >= 0.6 is 23.8 Å². The molecule has 1 amide bonds. The summed E-state index contributed by atoms with van der Waals surface area (Å²) in [4.78, 5) is 13.7. The van der Waals surface area contributed by atoms with E-state index < -0.39 is 11.7 Å². The van der Waals surface area contributed by atoms with E-state index in [1.165, 1.54) is 23.1 Å². The van der Waals surface area contributed by atoms with Crippen molar-refractivity contribution in [2.75, 3.05) is 13.6 Å². The number of carbonyl (C=O) groups is 1. The molecule has 1 aromatic rings. The molecule has 0 radical (unpaired) electrons. The minimum atomic E-state index is -0.598. The quantitative estimate of drug-likeness (QED) is 0.866. The number of carbonyl (C=O) groups excluding carboxylic acids is 1. The highest BCUT2D eigenvalue weighted by Crippen LogP contribution is 2.16. The highest BCUT2D eigenvalue weighted by Gasteiger charge is 2.19. The number of nitrogens with zero attached hydrogens (tertiary/aromatic N) is 1. The molecule has 0 saturated carbocycles. The zero-order valence-corrected chi connectivity index (χ0v) is 11.7. The number of hydrogen-bond donors (Lipinski definition) is 1. The van der Waals surface area contributed by atoms with Crippen LogP contribution in [0.5, 0.6) is 0 Å². The van der Waals surface area contributed by atoms with E-state index in [4.69, 9.17) is 29.6 Å². The van der Waals surface area contributed by atoms with Crippen molar-refractivity contribution in [1.82, 2.24) is 4.90 Å². The van der Waals surface area contributed by atoms with E-state index in [1.807, 2.05) is 0 Å². The first kappa shape index (κ1) is 14.9. The third-order valence-electron chi connectivity index (χ3n) is 2.54. The van der Waals surface area contributed by atoms with Gasteiger partial charge in [0.15, 0.2) is 0 Å². The number of hydrogen-bond acceptors (Lipinski definition) is 2. The van der Waals surface area contributed by atoms with Crippen molar-refractivity contribution in [3.63, 3.8) is 0 Å². The van der Waals surface area contributed by atoms with Crippen LogP contribution in [0.15, 0.2) is 18.2 Å². The average molecular weight is 289 g/mol. The van der Waals surface area contributed by atoms with E-state index in [-0.39, 0.29) is 11.5 Å². The second kappa shape index (κ2) is 6.11. The Morgan fingerprint density at radius 3 is 2.78 bits per heavy atom. The van der Waals surface area contributed by atoms with Gasteiger partial charge in [0.25, 0.3) is 5.91 Å². The average Bonchev–Trinajstić information content (AvgIpc) is 2.31. The standard InChI is InChI=1S/C12H14ClFN2OS/c1-7(11(15)18)6-16(2)12(17)9-5-8(13)3-4-10(9)14/h3-5,7H,6H2,1-2H3,(H2,15,18). The zero-order chi connectivity index (χ0) is 13.9. The van der Waals surface area contributed by atoms with Gasteiger partial charge in [-0.25, -0.2) is 4.39 Å². The number of rotatable bonds is 4. The molecule has 0 heterocycles. The fraction of sp³-hybridized carbons (Fsp3) is 0.333. The van der Waals surface area contributed by atoms with Crippen LogP contribution in [0.3, 0.4) is 0 Å². The molecule has 0 aliphatic rings. The van der Waals surface area contributed by atoms with Crippen molar-refractivity contribution in [1.29, 1.82) is 0 Å². The Kier molecular flexibility index (Phi) is 5.04. The molecule has 6 heteroatoms. The number of nitrogens with two attached hydrogens (primary N) is 1. The summed E-state index contributed by atoms with van der Waals surface area (Å²) in [6.07, 6.45) is 0. The predicted octanol–water partition coefficient (Wildman–Crippen LogP) is 2.47. The van der Waals surface area contributed by atoms with Gasteiger partial charge < -0.3 is 10.6 Å². The third kappa shape index (κ3) is 3.65. The molecule has 1 rings (SSSR count). The van der Waals surface area contributed by atoms with Crippen molar-refractivity contribution >= 4 is 34.7 Å². The lowest BCUT2D eigenvalue weighted by Gasteiger charge is -2.21. The first-order valence-corrected chi connectivity index (χ1v) is 6.11. The number of halogens is 2. The largest absolute Gasteiger partial charge is 0.393 e. The summed E-state index contributed by atoms with van der Waals surface area (Å²) in [6.45, 7) is 2.14. The molecule has 2 N–H and O–H groups in total. The van der Waals surface area contributed by atoms with Crippen LogP contribution in [-0.2, 0) is 0 Å². The van der Waals surface area contributed by atoms with Gasteiger partial charge in [0, 0.05) is 24.5 Å². The molecular weight excluding hydrogens is 275 g/mol. The summed E-state index contributed by atoms with van der Waals surface area (Å²) in [5.74, 6) is -1.17. The van der Waals surface area contributed by atoms with Gasteiger partial charge in [-0.3, -0.25) is 4.79 Å². The Morgan fingerprint density at radius 2 is 2.22 bits per heavy atom. The Morgan fingerprint density at radius 1 is 1.61 bits per heavy atom. The predicted molar refractivity (Wildman–Crippen MR) is 74.3 cm³/mol. The lowest BCUT2D eigenvalue weighted by atomic mass is 10.1. The third-order valence-corrected chi connectivity index (χ3v) is 3.18. The van der Waals surface area contributed by atoms with E-state index in [0.29, 0.717) is 16.6 Å². The van der Waals surface area contributed by atoms with Crippen LogP contribution in [0.1, 0.15) is 17.3 Å². The Labute approximate surface area is 116 Å². The highest BCUT2D eigenvalue weighted by atomic mass is 35.5. The molecule has 0 fully saturated rings. The molecule has 3 nitrogen and oxygen atoms in total. The summed E-state index contributed by atoms with van der Waals surface area (Å²) in [5, 5.41) is 0.315. The summed E-state index contributed by atoms with van der Waals surface area (Å²) in [6, 6.07) is 3.87. The SMILES string of the molecule is CC(CN(C)C(=O)c1cc(Cl)ccc1F)C(N)=S. The maximum atomic E-state index is 13.5. The van der Waals surface area contributed by atoms with Crippen LogP contribution in [0.25, 0.3) is 0 Å². The van der Waals surface area contributed by atoms with Gasteiger partial charge in [-0.2, -0.15) is 0 Å². The minimum absolute atomic E-state index is 0.0554. The van der Waals surface area contributed by atoms with E-state index >= 15 is 0 Å². The summed E-state index contributed by atoms with van der Waals surface area (Å²) in [7, 11) is 1.57. The van der Waals surface area contributed by atoms with Gasteiger partial charge in [-0.15, -0.1) is 0 Å². The smallest absolute Gasteiger partial charge is 0.256 e. The number of thiocarbonyl (C=S) groups is 1. The molecule has 0 bridgehead atoms. The molecular formula is C12H14ClFN2OS. The molecule has 98 valence electrons. The Bertz CT molecular complexity index is 481. The number of benzene rings is 1. The zero-order valence-electron chi connectivity index (χ0n) is 10.1. The van der Waals surface area contributed by atoms with Crippen molar-refractivity contribution in [3.8, 4) is 0 Å². The minimum Gasteiger partial charge on any atom is -0.393 e. The molecule has 0 saturated heterocycles. The van der Waals surface area contributed by atoms with Crippen LogP contribution in [0.4, 0.5) is 4.39 Å². The molecule has 0 aromatic heterocycles. The molecule has 1 atom stereocenters. The van der Waals surface area contributed by atoms with Crippen LogP contribution in [0.2, 0.25) is 5.02 Å². The van der Waals surface area contributed by atoms with Crippen molar-refractivity contribution in [3.05, 3.63) is 34.6 Å². The van der Waals surface area contributed by atoms with Crippen molar-refractivity contribution in [2.45, 2.75) is 6.92 Å².